The maximum atomic E-state index is 13.1. The highest BCUT2D eigenvalue weighted by molar-refractivity contribution is 8.03. The number of hydrogen-bond acceptors (Lipinski definition) is 14. The zero-order chi connectivity index (χ0) is 34.2. The van der Waals surface area contributed by atoms with Crippen molar-refractivity contribution in [3.05, 3.63) is 86.9 Å². The average Bonchev–Trinajstić information content (AvgIpc) is 3.72. The lowest BCUT2D eigenvalue weighted by Gasteiger charge is -2.49. The van der Waals surface area contributed by atoms with Gasteiger partial charge in [0.05, 0.1) is 16.3 Å². The fourth-order valence-corrected chi connectivity index (χ4v) is 7.97. The van der Waals surface area contributed by atoms with E-state index >= 15 is 0 Å². The minimum atomic E-state index is -2.49. The number of rotatable bonds is 11. The summed E-state index contributed by atoms with van der Waals surface area (Å²) in [6, 6.07) is 5.23. The van der Waals surface area contributed by atoms with Crippen molar-refractivity contribution in [2.45, 2.75) is 24.1 Å². The first-order valence-electron chi connectivity index (χ1n) is 13.9. The van der Waals surface area contributed by atoms with Crippen molar-refractivity contribution >= 4 is 79.8 Å². The van der Waals surface area contributed by atoms with Gasteiger partial charge in [0.25, 0.3) is 11.8 Å². The molecule has 48 heavy (non-hydrogen) atoms. The first kappa shape index (κ1) is 32.5. The van der Waals surface area contributed by atoms with Gasteiger partial charge in [-0.25, -0.2) is 14.6 Å². The van der Waals surface area contributed by atoms with Crippen molar-refractivity contribution in [3.8, 4) is 11.5 Å². The Hall–Kier alpha value is -5.46. The van der Waals surface area contributed by atoms with Crippen LogP contribution in [0.2, 0.25) is 0 Å². The molecule has 1 fully saturated rings. The number of aromatic hydroxyl groups is 2. The Kier molecular flexibility index (Phi) is 8.78. The number of oxime groups is 1. The maximum absolute atomic E-state index is 13.1. The lowest BCUT2D eigenvalue weighted by molar-refractivity contribution is -0.162. The Bertz CT molecular complexity index is 2060. The van der Waals surface area contributed by atoms with Crippen LogP contribution < -0.4 is 11.1 Å². The number of thiophene rings is 1. The van der Waals surface area contributed by atoms with Crippen LogP contribution in [0.25, 0.3) is 10.2 Å². The summed E-state index contributed by atoms with van der Waals surface area (Å²) in [4.78, 5) is 66.0. The largest absolute Gasteiger partial charge is 0.504 e. The van der Waals surface area contributed by atoms with Crippen LogP contribution in [0.15, 0.2) is 75.2 Å². The molecule has 0 spiro atoms. The van der Waals surface area contributed by atoms with Crippen molar-refractivity contribution in [1.82, 2.24) is 20.2 Å². The molecule has 2 aliphatic heterocycles. The predicted octanol–water partition coefficient (Wildman–Crippen LogP) is 2.61. The van der Waals surface area contributed by atoms with E-state index in [1.807, 2.05) is 23.6 Å². The highest BCUT2D eigenvalue weighted by Crippen LogP contribution is 2.41. The van der Waals surface area contributed by atoms with Gasteiger partial charge < -0.3 is 36.3 Å². The fourth-order valence-electron chi connectivity index (χ4n) is 5.28. The average molecular weight is 709 g/mol. The number of phenolic OH excluding ortho intramolecular Hbond substituents is 2. The molecule has 15 nitrogen and oxygen atoms in total. The van der Waals surface area contributed by atoms with Gasteiger partial charge in [0.1, 0.15) is 23.6 Å². The van der Waals surface area contributed by atoms with Crippen LogP contribution in [-0.2, 0) is 36.0 Å². The summed E-state index contributed by atoms with van der Waals surface area (Å²) in [7, 11) is 0. The molecule has 3 atom stereocenters. The molecular weight excluding hydrogens is 685 g/mol. The predicted molar refractivity (Wildman–Crippen MR) is 176 cm³/mol. The third kappa shape index (κ3) is 5.80. The Morgan fingerprint density at radius 3 is 2.69 bits per heavy atom. The Morgan fingerprint density at radius 1 is 1.17 bits per heavy atom. The molecule has 6 rings (SSSR count). The second kappa shape index (κ2) is 13.0. The minimum absolute atomic E-state index is 0.00402. The number of nitrogens with two attached hydrogens (primary N) is 1. The lowest BCUT2D eigenvalue weighted by atomic mass is 9.90. The van der Waals surface area contributed by atoms with Crippen LogP contribution >= 0.6 is 34.4 Å². The summed E-state index contributed by atoms with van der Waals surface area (Å²) in [5, 5.41) is 49.2. The van der Waals surface area contributed by atoms with Crippen LogP contribution in [0.1, 0.15) is 16.8 Å². The number of carboxylic acids is 2. The van der Waals surface area contributed by atoms with Gasteiger partial charge in [0, 0.05) is 27.8 Å². The van der Waals surface area contributed by atoms with E-state index in [1.165, 1.54) is 17.1 Å². The zero-order valence-corrected chi connectivity index (χ0v) is 26.8. The smallest absolute Gasteiger partial charge is 0.362 e. The molecule has 3 aromatic heterocycles. The summed E-state index contributed by atoms with van der Waals surface area (Å²) < 4.78 is 1.04. The first-order valence-corrected chi connectivity index (χ1v) is 16.7. The van der Waals surface area contributed by atoms with Crippen LogP contribution in [0.5, 0.6) is 11.5 Å². The zero-order valence-electron chi connectivity index (χ0n) is 24.3. The van der Waals surface area contributed by atoms with Gasteiger partial charge in [-0.3, -0.25) is 19.5 Å². The molecule has 2 aliphatic rings. The highest BCUT2D eigenvalue weighted by Gasteiger charge is 2.54. The molecule has 1 saturated heterocycles. The van der Waals surface area contributed by atoms with Crippen LogP contribution in [0, 0.1) is 0 Å². The second-order valence-corrected chi connectivity index (χ2v) is 13.3. The maximum Gasteiger partial charge on any atom is 0.362 e. The number of pyridine rings is 1. The number of aromatic nitrogens is 2. The monoisotopic (exact) mass is 708 g/mol. The van der Waals surface area contributed by atoms with Gasteiger partial charge >= 0.3 is 17.5 Å². The van der Waals surface area contributed by atoms with Gasteiger partial charge in [0.2, 0.25) is 0 Å². The summed E-state index contributed by atoms with van der Waals surface area (Å²) in [5.41, 5.74) is 4.53. The van der Waals surface area contributed by atoms with E-state index in [0.29, 0.717) is 23.3 Å². The number of aliphatic carboxylic acids is 2. The molecule has 0 aliphatic carbocycles. The quantitative estimate of drug-likeness (QED) is 0.0569. The van der Waals surface area contributed by atoms with Crippen molar-refractivity contribution in [1.29, 1.82) is 0 Å². The standard InChI is InChI=1S/C30H24N6O9S3/c31-29-34-21(13-48-29)30(28(43)44,15-4-5-18(37)19(38)10-15)45-33-11-22(39)35-23-17-12-47-20(24(27(41)42)36(17)26(23)40)3-1-2-14-6-8-32-16-7-9-46-25(14)16/h1,3-11,13,17,23,37-38H,2,12H2,(H2,31,34)(H,35,39)(H,41,42)(H,43,44). The van der Waals surface area contributed by atoms with E-state index in [4.69, 9.17) is 10.6 Å². The molecule has 246 valence electrons. The van der Waals surface area contributed by atoms with E-state index in [-0.39, 0.29) is 22.1 Å². The Morgan fingerprint density at radius 2 is 1.98 bits per heavy atom. The molecule has 0 bridgehead atoms. The topological polar surface area (TPSA) is 238 Å². The number of hydrogen-bond donors (Lipinski definition) is 6. The van der Waals surface area contributed by atoms with Crippen molar-refractivity contribution in [2.75, 3.05) is 11.5 Å². The van der Waals surface area contributed by atoms with Gasteiger partial charge in [-0.2, -0.15) is 0 Å². The van der Waals surface area contributed by atoms with Gasteiger partial charge in [-0.1, -0.05) is 11.2 Å². The summed E-state index contributed by atoms with van der Waals surface area (Å²) >= 11 is 3.71. The molecule has 3 unspecified atom stereocenters. The third-order valence-corrected chi connectivity index (χ3v) is 10.4. The number of phenols is 2. The number of carbonyl (C=O) groups excluding carboxylic acids is 2. The third-order valence-electron chi connectivity index (χ3n) is 7.56. The van der Waals surface area contributed by atoms with E-state index < -0.39 is 52.9 Å². The molecule has 5 heterocycles. The molecular formula is C30H24N6O9S3. The van der Waals surface area contributed by atoms with Crippen LogP contribution in [-0.4, -0.2) is 83.1 Å². The van der Waals surface area contributed by atoms with E-state index in [0.717, 1.165) is 50.2 Å². The van der Waals surface area contributed by atoms with E-state index in [1.54, 1.807) is 23.6 Å². The number of anilines is 1. The van der Waals surface area contributed by atoms with Crippen LogP contribution in [0.3, 0.4) is 0 Å². The number of β-lactam (4-membered cyclic amide) rings is 1. The van der Waals surface area contributed by atoms with Crippen molar-refractivity contribution in [2.24, 2.45) is 5.16 Å². The number of carbonyl (C=O) groups is 4. The first-order chi connectivity index (χ1) is 23.0. The van der Waals surface area contributed by atoms with Crippen LogP contribution in [0.4, 0.5) is 5.13 Å². The van der Waals surface area contributed by atoms with Gasteiger partial charge in [-0.05, 0) is 53.8 Å². The lowest BCUT2D eigenvalue weighted by Crippen LogP contribution is -2.72. The highest BCUT2D eigenvalue weighted by atomic mass is 32.2. The number of thioether (sulfide) groups is 1. The molecule has 2 amide bonds. The molecule has 0 saturated carbocycles. The summed E-state index contributed by atoms with van der Waals surface area (Å²) in [5.74, 6) is -5.36. The second-order valence-electron chi connectivity index (χ2n) is 10.4. The molecule has 4 aromatic rings. The number of nitrogens with one attached hydrogen (secondary N) is 1. The normalized spacial score (nSPS) is 18.9. The molecule has 1 aromatic carbocycles. The molecule has 7 N–H and O–H groups in total. The molecule has 18 heteroatoms. The Labute approximate surface area is 282 Å². The molecule has 0 radical (unpaired) electrons. The summed E-state index contributed by atoms with van der Waals surface area (Å²) in [6.45, 7) is 0. The fraction of sp³-hybridized carbons (Fsp3) is 0.167. The van der Waals surface area contributed by atoms with E-state index in [2.05, 4.69) is 20.4 Å². The number of carboxylic acid groups (broad SMARTS) is 2. The van der Waals surface area contributed by atoms with Gasteiger partial charge in [-0.15, -0.1) is 34.4 Å². The number of benzene rings is 1. The number of nitrogen functional groups attached to an aromatic ring is 1. The number of fused-ring (bicyclic) bond motifs is 2. The SMILES string of the molecule is Nc1nc(C(ON=CC(=O)NC2C(=O)N3C(C(=O)O)=C(C=CCc4ccnc5ccsc45)SCC23)(C(=O)O)c2ccc(O)c(O)c2)cs1. The Balaban J connectivity index is 1.16. The number of amides is 2. The summed E-state index contributed by atoms with van der Waals surface area (Å²) in [6.07, 6.45) is 6.36. The van der Waals surface area contributed by atoms with Crippen molar-refractivity contribution in [3.63, 3.8) is 0 Å². The number of allylic oxidation sites excluding steroid dienone is 2. The number of nitrogens with zero attached hydrogens (tertiary/aromatic N) is 4. The van der Waals surface area contributed by atoms with Crippen molar-refractivity contribution < 1.29 is 44.4 Å². The number of thiazole rings is 1. The minimum Gasteiger partial charge on any atom is -0.504 e. The van der Waals surface area contributed by atoms with E-state index in [9.17, 15) is 39.6 Å². The van der Waals surface area contributed by atoms with Gasteiger partial charge in [0.15, 0.2) is 16.6 Å².